The van der Waals surface area contributed by atoms with Gasteiger partial charge in [0.1, 0.15) is 5.75 Å². The van der Waals surface area contributed by atoms with E-state index in [0.717, 1.165) is 37.1 Å². The molecule has 0 radical (unpaired) electrons. The van der Waals surface area contributed by atoms with Gasteiger partial charge in [-0.2, -0.15) is 5.26 Å². The topological polar surface area (TPSA) is 70.4 Å². The lowest BCUT2D eigenvalue weighted by Gasteiger charge is -2.21. The summed E-state index contributed by atoms with van der Waals surface area (Å²) in [6.07, 6.45) is 3.11. The number of likely N-dealkylation sites (tertiary alicyclic amines) is 1. The molecule has 2 aromatic carbocycles. The summed E-state index contributed by atoms with van der Waals surface area (Å²) in [5, 5.41) is 9.88. The van der Waals surface area contributed by atoms with Gasteiger partial charge in [-0.05, 0) is 74.2 Å². The van der Waals surface area contributed by atoms with Crippen LogP contribution in [0.5, 0.6) is 5.75 Å². The summed E-state index contributed by atoms with van der Waals surface area (Å²) in [6.45, 7) is 6.67. The third-order valence-electron chi connectivity index (χ3n) is 5.80. The van der Waals surface area contributed by atoms with Gasteiger partial charge < -0.3 is 4.74 Å². The van der Waals surface area contributed by atoms with Crippen LogP contribution in [0.3, 0.4) is 0 Å². The zero-order valence-corrected chi connectivity index (χ0v) is 19.1. The fourth-order valence-electron chi connectivity index (χ4n) is 4.02. The monoisotopic (exact) mass is 446 g/mol. The molecule has 1 aliphatic rings. The van der Waals surface area contributed by atoms with Crippen molar-refractivity contribution in [2.24, 2.45) is 5.92 Å². The number of hydrogen-bond donors (Lipinski definition) is 0. The number of rotatable bonds is 7. The summed E-state index contributed by atoms with van der Waals surface area (Å²) in [5.41, 5.74) is 2.77. The van der Waals surface area contributed by atoms with E-state index >= 15 is 0 Å². The van der Waals surface area contributed by atoms with Crippen LogP contribution in [-0.4, -0.2) is 45.3 Å². The third-order valence-corrected chi connectivity index (χ3v) is 7.14. The van der Waals surface area contributed by atoms with Crippen molar-refractivity contribution in [2.45, 2.75) is 37.6 Å². The van der Waals surface area contributed by atoms with Crippen LogP contribution in [-0.2, 0) is 16.3 Å². The largest absolute Gasteiger partial charge is 0.493 e. The van der Waals surface area contributed by atoms with Crippen molar-refractivity contribution >= 4 is 21.4 Å². The lowest BCUT2D eigenvalue weighted by atomic mass is 10.0. The molecule has 1 heterocycles. The Kier molecular flexibility index (Phi) is 7.07. The Morgan fingerprint density at radius 1 is 1.27 bits per heavy atom. The van der Waals surface area contributed by atoms with E-state index in [-0.39, 0.29) is 0 Å². The first-order chi connectivity index (χ1) is 14.2. The number of benzene rings is 2. The predicted molar refractivity (Wildman–Crippen MR) is 119 cm³/mol. The predicted octanol–water partition coefficient (Wildman–Crippen LogP) is 4.26. The van der Waals surface area contributed by atoms with E-state index in [4.69, 9.17) is 16.3 Å². The summed E-state index contributed by atoms with van der Waals surface area (Å²) in [5.74, 6) is 1.11. The molecule has 7 heteroatoms. The molecule has 2 atom stereocenters. The molecule has 5 nitrogen and oxygen atoms in total. The molecule has 1 fully saturated rings. The fraction of sp³-hybridized carbons (Fsp3) is 0.435. The summed E-state index contributed by atoms with van der Waals surface area (Å²) < 4.78 is 29.0. The third kappa shape index (κ3) is 5.54. The smallest absolute Gasteiger partial charge is 0.175 e. The number of nitrogens with zero attached hydrogens (tertiary/aromatic N) is 2. The van der Waals surface area contributed by atoms with Crippen molar-refractivity contribution in [3.8, 4) is 11.8 Å². The van der Waals surface area contributed by atoms with Gasteiger partial charge >= 0.3 is 0 Å². The first-order valence-electron chi connectivity index (χ1n) is 10.0. The highest BCUT2D eigenvalue weighted by Crippen LogP contribution is 2.26. The van der Waals surface area contributed by atoms with Gasteiger partial charge in [0.25, 0.3) is 0 Å². The number of sulfone groups is 1. The first kappa shape index (κ1) is 22.6. The van der Waals surface area contributed by atoms with Gasteiger partial charge in [0.2, 0.25) is 0 Å². The van der Waals surface area contributed by atoms with Crippen LogP contribution in [0, 0.1) is 24.2 Å². The van der Waals surface area contributed by atoms with Crippen molar-refractivity contribution in [1.29, 1.82) is 5.26 Å². The maximum atomic E-state index is 11.6. The standard InChI is InChI=1S/C23H27ClN2O3S/c1-16-10-18(15-29-22-4-6-23(7-5-22)30(3,27)28)14-26(16)9-8-19-11-21(24)12-20(13-25)17(19)2/h4-7,11-12,16,18H,8-10,14-15H2,1-3H3/t16-,18+/m1/s1. The summed E-state index contributed by atoms with van der Waals surface area (Å²) >= 11 is 6.17. The minimum absolute atomic E-state index is 0.298. The van der Waals surface area contributed by atoms with E-state index in [1.807, 2.05) is 13.0 Å². The number of halogens is 1. The fourth-order valence-corrected chi connectivity index (χ4v) is 4.89. The molecule has 0 amide bonds. The molecular formula is C23H27ClN2O3S. The van der Waals surface area contributed by atoms with Crippen molar-refractivity contribution in [2.75, 3.05) is 26.0 Å². The average Bonchev–Trinajstić information content (AvgIpc) is 3.06. The Labute approximate surface area is 184 Å². The highest BCUT2D eigenvalue weighted by Gasteiger charge is 2.29. The molecule has 0 aliphatic carbocycles. The Balaban J connectivity index is 1.54. The minimum atomic E-state index is -3.19. The normalized spacial score (nSPS) is 19.6. The van der Waals surface area contributed by atoms with E-state index in [1.165, 1.54) is 6.26 Å². The maximum Gasteiger partial charge on any atom is 0.175 e. The molecule has 0 saturated carbocycles. The zero-order valence-electron chi connectivity index (χ0n) is 17.6. The molecule has 1 aliphatic heterocycles. The van der Waals surface area contributed by atoms with Crippen molar-refractivity contribution < 1.29 is 13.2 Å². The van der Waals surface area contributed by atoms with Crippen LogP contribution in [0.1, 0.15) is 30.0 Å². The van der Waals surface area contributed by atoms with Gasteiger partial charge in [0.15, 0.2) is 9.84 Å². The highest BCUT2D eigenvalue weighted by atomic mass is 35.5. The molecule has 2 aromatic rings. The first-order valence-corrected chi connectivity index (χ1v) is 12.3. The quantitative estimate of drug-likeness (QED) is 0.635. The minimum Gasteiger partial charge on any atom is -0.493 e. The van der Waals surface area contributed by atoms with Crippen LogP contribution in [0.2, 0.25) is 5.02 Å². The molecule has 0 bridgehead atoms. The molecular weight excluding hydrogens is 420 g/mol. The molecule has 0 aromatic heterocycles. The van der Waals surface area contributed by atoms with E-state index in [0.29, 0.717) is 39.8 Å². The highest BCUT2D eigenvalue weighted by molar-refractivity contribution is 7.90. The lowest BCUT2D eigenvalue weighted by Crippen LogP contribution is -2.30. The van der Waals surface area contributed by atoms with Crippen LogP contribution < -0.4 is 4.74 Å². The van der Waals surface area contributed by atoms with Crippen LogP contribution >= 0.6 is 11.6 Å². The van der Waals surface area contributed by atoms with Crippen LogP contribution in [0.15, 0.2) is 41.3 Å². The second-order valence-electron chi connectivity index (χ2n) is 8.10. The molecule has 160 valence electrons. The molecule has 0 spiro atoms. The molecule has 0 N–H and O–H groups in total. The van der Waals surface area contributed by atoms with Gasteiger partial charge in [0, 0.05) is 36.3 Å². The summed E-state index contributed by atoms with van der Waals surface area (Å²) in [4.78, 5) is 2.75. The molecule has 1 saturated heterocycles. The van der Waals surface area contributed by atoms with Crippen molar-refractivity contribution in [3.05, 3.63) is 58.1 Å². The Morgan fingerprint density at radius 3 is 2.60 bits per heavy atom. The van der Waals surface area contributed by atoms with Gasteiger partial charge in [-0.1, -0.05) is 11.6 Å². The second-order valence-corrected chi connectivity index (χ2v) is 10.6. The molecule has 0 unspecified atom stereocenters. The van der Waals surface area contributed by atoms with Crippen molar-refractivity contribution in [1.82, 2.24) is 4.90 Å². The Bertz CT molecular complexity index is 1050. The number of hydrogen-bond acceptors (Lipinski definition) is 5. The number of ether oxygens (including phenoxy) is 1. The molecule has 3 rings (SSSR count). The van der Waals surface area contributed by atoms with Crippen molar-refractivity contribution in [3.63, 3.8) is 0 Å². The van der Waals surface area contributed by atoms with Gasteiger partial charge in [-0.15, -0.1) is 0 Å². The lowest BCUT2D eigenvalue weighted by molar-refractivity contribution is 0.234. The van der Waals surface area contributed by atoms with E-state index < -0.39 is 9.84 Å². The van der Waals surface area contributed by atoms with Gasteiger partial charge in [-0.3, -0.25) is 4.90 Å². The van der Waals surface area contributed by atoms with Gasteiger partial charge in [0.05, 0.1) is 23.1 Å². The Hall–Kier alpha value is -2.07. The van der Waals surface area contributed by atoms with Gasteiger partial charge in [-0.25, -0.2) is 8.42 Å². The average molecular weight is 447 g/mol. The summed E-state index contributed by atoms with van der Waals surface area (Å²) in [7, 11) is -3.19. The SMILES string of the molecule is Cc1c(C#N)cc(Cl)cc1CCN1C[C@@H](COc2ccc(S(C)(=O)=O)cc2)C[C@H]1C. The Morgan fingerprint density at radius 2 is 1.97 bits per heavy atom. The van der Waals surface area contributed by atoms with Crippen LogP contribution in [0.25, 0.3) is 0 Å². The summed E-state index contributed by atoms with van der Waals surface area (Å²) in [6, 6.07) is 12.9. The van der Waals surface area contributed by atoms with E-state index in [1.54, 1.807) is 30.3 Å². The van der Waals surface area contributed by atoms with Crippen LogP contribution in [0.4, 0.5) is 0 Å². The second kappa shape index (κ2) is 9.38. The van der Waals surface area contributed by atoms with E-state index in [9.17, 15) is 13.7 Å². The van der Waals surface area contributed by atoms with E-state index in [2.05, 4.69) is 17.9 Å². The molecule has 30 heavy (non-hydrogen) atoms. The maximum absolute atomic E-state index is 11.6. The zero-order chi connectivity index (χ0) is 21.9. The number of nitriles is 1.